The average molecular weight is 296 g/mol. The predicted octanol–water partition coefficient (Wildman–Crippen LogP) is 3.83. The first-order valence-corrected chi connectivity index (χ1v) is 8.64. The highest BCUT2D eigenvalue weighted by Crippen LogP contribution is 2.43. The van der Waals surface area contributed by atoms with E-state index in [4.69, 9.17) is 0 Å². The zero-order valence-electron chi connectivity index (χ0n) is 13.0. The van der Waals surface area contributed by atoms with Crippen LogP contribution in [0.25, 0.3) is 0 Å². The molecule has 1 saturated carbocycles. The van der Waals surface area contributed by atoms with Crippen molar-refractivity contribution in [2.24, 2.45) is 17.8 Å². The molecular formula is C19H24N2O. The molecule has 1 amide bonds. The Morgan fingerprint density at radius 2 is 1.77 bits per heavy atom. The van der Waals surface area contributed by atoms with Gasteiger partial charge in [-0.2, -0.15) is 0 Å². The van der Waals surface area contributed by atoms with Crippen LogP contribution in [0.1, 0.15) is 32.1 Å². The number of piperidine rings is 1. The molecule has 0 radical (unpaired) electrons. The van der Waals surface area contributed by atoms with E-state index in [1.54, 1.807) is 0 Å². The summed E-state index contributed by atoms with van der Waals surface area (Å²) in [5, 5.41) is 3.11. The van der Waals surface area contributed by atoms with Gasteiger partial charge in [-0.05, 0) is 68.2 Å². The van der Waals surface area contributed by atoms with E-state index in [0.717, 1.165) is 25.2 Å². The molecule has 1 saturated heterocycles. The van der Waals surface area contributed by atoms with Gasteiger partial charge in [0.1, 0.15) is 0 Å². The van der Waals surface area contributed by atoms with Crippen LogP contribution in [0.2, 0.25) is 0 Å². The number of hydrogen-bond acceptors (Lipinski definition) is 2. The van der Waals surface area contributed by atoms with Gasteiger partial charge < -0.3 is 10.2 Å². The van der Waals surface area contributed by atoms with Crippen LogP contribution in [-0.4, -0.2) is 19.0 Å². The molecule has 3 heteroatoms. The van der Waals surface area contributed by atoms with Gasteiger partial charge in [0.15, 0.2) is 0 Å². The number of amides is 1. The summed E-state index contributed by atoms with van der Waals surface area (Å²) in [6, 6.07) is 8.37. The first kappa shape index (κ1) is 13.9. The third-order valence-corrected chi connectivity index (χ3v) is 5.47. The maximum atomic E-state index is 12.4. The van der Waals surface area contributed by atoms with Gasteiger partial charge in [-0.15, -0.1) is 0 Å². The number of anilines is 2. The van der Waals surface area contributed by atoms with Crippen LogP contribution in [0.4, 0.5) is 11.4 Å². The normalized spacial score (nSPS) is 29.8. The maximum Gasteiger partial charge on any atom is 0.228 e. The van der Waals surface area contributed by atoms with E-state index in [1.807, 2.05) is 12.1 Å². The Morgan fingerprint density at radius 3 is 2.41 bits per heavy atom. The second kappa shape index (κ2) is 5.79. The highest BCUT2D eigenvalue weighted by molar-refractivity contribution is 5.93. The molecule has 2 bridgehead atoms. The maximum absolute atomic E-state index is 12.4. The Balaban J connectivity index is 1.38. The van der Waals surface area contributed by atoms with Gasteiger partial charge >= 0.3 is 0 Å². The number of carbonyl (C=O) groups is 1. The molecule has 1 aromatic rings. The molecule has 116 valence electrons. The summed E-state index contributed by atoms with van der Waals surface area (Å²) in [7, 11) is 0. The summed E-state index contributed by atoms with van der Waals surface area (Å²) in [6.07, 6.45) is 10.6. The van der Waals surface area contributed by atoms with Gasteiger partial charge in [0.25, 0.3) is 0 Å². The lowest BCUT2D eigenvalue weighted by molar-refractivity contribution is -0.120. The first-order valence-electron chi connectivity index (χ1n) is 8.64. The lowest BCUT2D eigenvalue weighted by Gasteiger charge is -2.29. The van der Waals surface area contributed by atoms with Crippen molar-refractivity contribution in [1.82, 2.24) is 0 Å². The average Bonchev–Trinajstić information content (AvgIpc) is 3.19. The molecule has 1 aromatic carbocycles. The fraction of sp³-hybridized carbons (Fsp3) is 0.526. The van der Waals surface area contributed by atoms with Crippen molar-refractivity contribution in [2.75, 3.05) is 23.3 Å². The number of allylic oxidation sites excluding steroid dienone is 2. The Kier molecular flexibility index (Phi) is 3.65. The summed E-state index contributed by atoms with van der Waals surface area (Å²) >= 11 is 0. The minimum atomic E-state index is 0.178. The minimum Gasteiger partial charge on any atom is -0.372 e. The molecule has 1 heterocycles. The molecule has 0 spiro atoms. The predicted molar refractivity (Wildman–Crippen MR) is 90.0 cm³/mol. The number of carbonyl (C=O) groups excluding carboxylic acids is 1. The summed E-state index contributed by atoms with van der Waals surface area (Å²) in [5.74, 6) is 1.49. The van der Waals surface area contributed by atoms with Crippen LogP contribution in [-0.2, 0) is 4.79 Å². The molecule has 3 aliphatic rings. The topological polar surface area (TPSA) is 32.3 Å². The number of benzene rings is 1. The van der Waals surface area contributed by atoms with Crippen molar-refractivity contribution < 1.29 is 4.79 Å². The van der Waals surface area contributed by atoms with E-state index in [-0.39, 0.29) is 11.8 Å². The zero-order chi connectivity index (χ0) is 14.9. The van der Waals surface area contributed by atoms with E-state index in [0.29, 0.717) is 11.8 Å². The van der Waals surface area contributed by atoms with Crippen molar-refractivity contribution in [3.8, 4) is 0 Å². The van der Waals surface area contributed by atoms with Crippen molar-refractivity contribution in [1.29, 1.82) is 0 Å². The van der Waals surface area contributed by atoms with Gasteiger partial charge in [-0.25, -0.2) is 0 Å². The third-order valence-electron chi connectivity index (χ3n) is 5.47. The van der Waals surface area contributed by atoms with Crippen molar-refractivity contribution in [3.05, 3.63) is 36.4 Å². The van der Waals surface area contributed by atoms with Gasteiger partial charge in [-0.3, -0.25) is 4.79 Å². The molecule has 1 aliphatic heterocycles. The Bertz CT molecular complexity index is 572. The number of nitrogens with one attached hydrogen (secondary N) is 1. The highest BCUT2D eigenvalue weighted by Gasteiger charge is 2.39. The fourth-order valence-electron chi connectivity index (χ4n) is 4.22. The van der Waals surface area contributed by atoms with Crippen LogP contribution in [0.5, 0.6) is 0 Å². The van der Waals surface area contributed by atoms with Gasteiger partial charge in [0.2, 0.25) is 5.91 Å². The van der Waals surface area contributed by atoms with E-state index in [2.05, 4.69) is 34.5 Å². The van der Waals surface area contributed by atoms with Gasteiger partial charge in [-0.1, -0.05) is 12.2 Å². The van der Waals surface area contributed by atoms with Crippen LogP contribution >= 0.6 is 0 Å². The number of rotatable bonds is 3. The minimum absolute atomic E-state index is 0.178. The van der Waals surface area contributed by atoms with Crippen molar-refractivity contribution in [3.63, 3.8) is 0 Å². The number of fused-ring (bicyclic) bond motifs is 2. The largest absolute Gasteiger partial charge is 0.372 e. The zero-order valence-corrected chi connectivity index (χ0v) is 13.0. The highest BCUT2D eigenvalue weighted by atomic mass is 16.1. The van der Waals surface area contributed by atoms with E-state index in [1.165, 1.54) is 31.4 Å². The molecule has 3 nitrogen and oxygen atoms in total. The summed E-state index contributed by atoms with van der Waals surface area (Å²) < 4.78 is 0. The summed E-state index contributed by atoms with van der Waals surface area (Å²) in [5.41, 5.74) is 2.21. The summed E-state index contributed by atoms with van der Waals surface area (Å²) in [4.78, 5) is 14.9. The van der Waals surface area contributed by atoms with Crippen molar-refractivity contribution in [2.45, 2.75) is 32.1 Å². The second-order valence-corrected chi connectivity index (χ2v) is 6.97. The molecule has 2 aliphatic carbocycles. The molecule has 4 rings (SSSR count). The standard InChI is InChI=1S/C19H24N2O/c22-19(18-13-14-4-5-15(18)12-14)20-16-6-8-17(9-7-16)21-10-2-1-3-11-21/h4-9,14-15,18H,1-3,10-13H2,(H,20,22). The molecule has 0 aromatic heterocycles. The molecule has 3 unspecified atom stereocenters. The quantitative estimate of drug-likeness (QED) is 0.860. The van der Waals surface area contributed by atoms with Crippen LogP contribution < -0.4 is 10.2 Å². The second-order valence-electron chi connectivity index (χ2n) is 6.97. The summed E-state index contributed by atoms with van der Waals surface area (Å²) in [6.45, 7) is 2.31. The van der Waals surface area contributed by atoms with Crippen molar-refractivity contribution >= 4 is 17.3 Å². The molecule has 2 fully saturated rings. The fourth-order valence-corrected chi connectivity index (χ4v) is 4.22. The number of nitrogens with zero attached hydrogens (tertiary/aromatic N) is 1. The van der Waals surface area contributed by atoms with Crippen LogP contribution in [0.3, 0.4) is 0 Å². The molecular weight excluding hydrogens is 272 g/mol. The Labute approximate surface area is 132 Å². The third kappa shape index (κ3) is 2.65. The van der Waals surface area contributed by atoms with E-state index >= 15 is 0 Å². The van der Waals surface area contributed by atoms with Gasteiger partial charge in [0, 0.05) is 30.4 Å². The molecule has 3 atom stereocenters. The lowest BCUT2D eigenvalue weighted by Crippen LogP contribution is -2.29. The van der Waals surface area contributed by atoms with E-state index < -0.39 is 0 Å². The van der Waals surface area contributed by atoms with Crippen LogP contribution in [0.15, 0.2) is 36.4 Å². The van der Waals surface area contributed by atoms with Gasteiger partial charge in [0.05, 0.1) is 0 Å². The monoisotopic (exact) mass is 296 g/mol. The smallest absolute Gasteiger partial charge is 0.228 e. The Hall–Kier alpha value is -1.77. The van der Waals surface area contributed by atoms with E-state index in [9.17, 15) is 4.79 Å². The molecule has 22 heavy (non-hydrogen) atoms. The lowest BCUT2D eigenvalue weighted by atomic mass is 9.93. The number of hydrogen-bond donors (Lipinski definition) is 1. The van der Waals surface area contributed by atoms with Crippen LogP contribution in [0, 0.1) is 17.8 Å². The Morgan fingerprint density at radius 1 is 1.00 bits per heavy atom. The SMILES string of the molecule is O=C(Nc1ccc(N2CCCCC2)cc1)C1CC2C=CC1C2. The molecule has 1 N–H and O–H groups in total. The first-order chi connectivity index (χ1) is 10.8.